The molecule has 7 aromatic rings. The van der Waals surface area contributed by atoms with Crippen molar-refractivity contribution in [2.75, 3.05) is 9.80 Å². The van der Waals surface area contributed by atoms with Crippen LogP contribution in [0.15, 0.2) is 113 Å². The number of anilines is 6. The van der Waals surface area contributed by atoms with E-state index < -0.39 is 6.04 Å². The number of furan rings is 1. The highest BCUT2D eigenvalue weighted by molar-refractivity contribution is 7.01. The van der Waals surface area contributed by atoms with Crippen LogP contribution < -0.4 is 26.2 Å². The standard InChI is InChI=1S/C66H77BN2O/c1-60(2,3)42-23-26-52-53(36-42)68(46-34-43(61(4,5)6)33-44(35-46)62(7,8)9)54-31-41(40-21-19-18-20-22-40)32-55-58(54)67(52)57-47-38-50-51(66(16,17)30-29-65(50,14)15)39-56(47)70-59(57)69(55)45-24-25-48-49(37-45)64(12,13)28-27-63(48,10)11/h18-26,31-39H,27-30H2,1-17H3/i18D,19D,20D,21D,22D. The fraction of sp³-hybridized carbons (Fsp3) is 0.424. The smallest absolute Gasteiger partial charge is 0.257 e. The summed E-state index contributed by atoms with van der Waals surface area (Å²) in [6.45, 7) is 39.2. The second-order valence-corrected chi connectivity index (χ2v) is 27.3. The molecule has 0 amide bonds. The summed E-state index contributed by atoms with van der Waals surface area (Å²) in [6, 6.07) is 28.7. The molecular formula is C66H77BN2O. The van der Waals surface area contributed by atoms with Gasteiger partial charge >= 0.3 is 0 Å². The van der Waals surface area contributed by atoms with Gasteiger partial charge in [0.15, 0.2) is 0 Å². The molecule has 2 aliphatic heterocycles. The number of hydrogen-bond donors (Lipinski definition) is 0. The van der Waals surface area contributed by atoms with Crippen LogP contribution in [0.4, 0.5) is 34.3 Å². The Kier molecular flexibility index (Phi) is 8.84. The van der Waals surface area contributed by atoms with Gasteiger partial charge in [0.25, 0.3) is 6.71 Å². The molecule has 3 heterocycles. The molecule has 4 heteroatoms. The summed E-state index contributed by atoms with van der Waals surface area (Å²) in [5.41, 5.74) is 18.0. The van der Waals surface area contributed by atoms with E-state index in [-0.39, 0.29) is 74.4 Å². The Hall–Kier alpha value is -5.48. The molecule has 360 valence electrons. The highest BCUT2D eigenvalue weighted by Gasteiger charge is 2.49. The summed E-state index contributed by atoms with van der Waals surface area (Å²) in [6.07, 6.45) is 4.31. The first kappa shape index (κ1) is 41.2. The van der Waals surface area contributed by atoms with Crippen molar-refractivity contribution >= 4 is 68.4 Å². The molecule has 70 heavy (non-hydrogen) atoms. The van der Waals surface area contributed by atoms with Crippen molar-refractivity contribution in [2.45, 2.75) is 181 Å². The largest absolute Gasteiger partial charge is 0.440 e. The van der Waals surface area contributed by atoms with Gasteiger partial charge in [0.2, 0.25) is 5.88 Å². The third-order valence-corrected chi connectivity index (χ3v) is 17.3. The average molecular weight is 930 g/mol. The van der Waals surface area contributed by atoms with Gasteiger partial charge in [-0.2, -0.15) is 0 Å². The summed E-state index contributed by atoms with van der Waals surface area (Å²) in [5.74, 6) is 0.751. The molecule has 0 spiro atoms. The molecule has 0 atom stereocenters. The Balaban J connectivity index is 1.35. The molecule has 0 saturated carbocycles. The monoisotopic (exact) mass is 930 g/mol. The van der Waals surface area contributed by atoms with Crippen LogP contribution in [-0.2, 0) is 37.9 Å². The lowest BCUT2D eigenvalue weighted by molar-refractivity contribution is 0.332. The van der Waals surface area contributed by atoms with Gasteiger partial charge < -0.3 is 9.32 Å². The second-order valence-electron chi connectivity index (χ2n) is 27.3. The third-order valence-electron chi connectivity index (χ3n) is 17.3. The van der Waals surface area contributed by atoms with Gasteiger partial charge in [-0.15, -0.1) is 0 Å². The van der Waals surface area contributed by atoms with Gasteiger partial charge in [0, 0.05) is 39.3 Å². The number of fused-ring (bicyclic) bond motifs is 8. The normalized spacial score (nSPS) is 19.5. The van der Waals surface area contributed by atoms with Crippen molar-refractivity contribution in [3.63, 3.8) is 0 Å². The number of hydrogen-bond acceptors (Lipinski definition) is 3. The van der Waals surface area contributed by atoms with Crippen LogP contribution in [0.5, 0.6) is 0 Å². The Labute approximate surface area is 428 Å². The van der Waals surface area contributed by atoms with Gasteiger partial charge in [-0.25, -0.2) is 0 Å². The summed E-state index contributed by atoms with van der Waals surface area (Å²) in [4.78, 5) is 4.77. The van der Waals surface area contributed by atoms with Crippen LogP contribution in [0.1, 0.15) is 189 Å². The highest BCUT2D eigenvalue weighted by Crippen LogP contribution is 2.54. The molecule has 6 aromatic carbocycles. The maximum atomic E-state index is 9.53. The molecule has 4 aliphatic rings. The third kappa shape index (κ3) is 7.26. The van der Waals surface area contributed by atoms with Gasteiger partial charge in [-0.05, 0) is 179 Å². The number of nitrogens with zero attached hydrogens (tertiary/aromatic N) is 2. The lowest BCUT2D eigenvalue weighted by Gasteiger charge is -2.45. The molecule has 0 radical (unpaired) electrons. The molecule has 0 saturated heterocycles. The van der Waals surface area contributed by atoms with Crippen LogP contribution in [0.2, 0.25) is 0 Å². The number of rotatable bonds is 3. The second kappa shape index (κ2) is 15.0. The fourth-order valence-electron chi connectivity index (χ4n) is 12.4. The molecule has 0 bridgehead atoms. The van der Waals surface area contributed by atoms with Crippen LogP contribution in [0, 0.1) is 0 Å². The van der Waals surface area contributed by atoms with Crippen molar-refractivity contribution in [2.24, 2.45) is 0 Å². The van der Waals surface area contributed by atoms with Crippen LogP contribution in [0.3, 0.4) is 0 Å². The molecule has 0 N–H and O–H groups in total. The zero-order valence-corrected chi connectivity index (χ0v) is 45.2. The lowest BCUT2D eigenvalue weighted by Crippen LogP contribution is -2.61. The Morgan fingerprint density at radius 2 is 1.00 bits per heavy atom. The summed E-state index contributed by atoms with van der Waals surface area (Å²) >= 11 is 0. The van der Waals surface area contributed by atoms with Gasteiger partial charge in [-0.3, -0.25) is 4.90 Å². The number of benzene rings is 6. The van der Waals surface area contributed by atoms with Crippen LogP contribution in [-0.4, -0.2) is 6.71 Å². The molecule has 2 aliphatic carbocycles. The lowest BCUT2D eigenvalue weighted by atomic mass is 9.33. The van der Waals surface area contributed by atoms with Crippen molar-refractivity contribution in [1.82, 2.24) is 0 Å². The van der Waals surface area contributed by atoms with Gasteiger partial charge in [0.1, 0.15) is 5.58 Å². The molecule has 0 fully saturated rings. The predicted molar refractivity (Wildman–Crippen MR) is 302 cm³/mol. The first-order valence-electron chi connectivity index (χ1n) is 28.5. The van der Waals surface area contributed by atoms with E-state index in [2.05, 4.69) is 206 Å². The minimum absolute atomic E-state index is 0.0106. The van der Waals surface area contributed by atoms with E-state index in [1.165, 1.54) is 44.4 Å². The SMILES string of the molecule is [2H]c1c([2H])c([2H])c(-c2cc3c4c(c2)N(c2ccc5c(c2)C(C)(C)CCC5(C)C)c2oc5cc6c(cc5c2B4c2ccc(C(C)(C)C)cc2N3c2cc(C(C)(C)C)cc(C(C)(C)C)c2)C(C)(C)CCC6(C)C)c([2H])c1[2H]. The van der Waals surface area contributed by atoms with Crippen molar-refractivity contribution in [1.29, 1.82) is 0 Å². The minimum Gasteiger partial charge on any atom is -0.440 e. The first-order chi connectivity index (χ1) is 34.6. The maximum Gasteiger partial charge on any atom is 0.257 e. The quantitative estimate of drug-likeness (QED) is 0.165. The molecule has 11 rings (SSSR count). The van der Waals surface area contributed by atoms with E-state index in [4.69, 9.17) is 8.53 Å². The average Bonchev–Trinajstić information content (AvgIpc) is 3.77. The van der Waals surface area contributed by atoms with Crippen molar-refractivity contribution in [3.05, 3.63) is 148 Å². The minimum atomic E-state index is -0.408. The Morgan fingerprint density at radius 3 is 1.57 bits per heavy atom. The van der Waals surface area contributed by atoms with E-state index in [9.17, 15) is 2.74 Å². The van der Waals surface area contributed by atoms with E-state index >= 15 is 0 Å². The zero-order valence-electron chi connectivity index (χ0n) is 50.2. The zero-order chi connectivity index (χ0) is 54.4. The topological polar surface area (TPSA) is 19.6 Å². The Morgan fingerprint density at radius 1 is 0.471 bits per heavy atom. The van der Waals surface area contributed by atoms with E-state index in [1.54, 1.807) is 0 Å². The Bertz CT molecular complexity index is 3530. The van der Waals surface area contributed by atoms with Crippen molar-refractivity contribution < 1.29 is 11.3 Å². The summed E-state index contributed by atoms with van der Waals surface area (Å²) < 4.78 is 53.4. The first-order valence-corrected chi connectivity index (χ1v) is 26.0. The predicted octanol–water partition coefficient (Wildman–Crippen LogP) is 16.8. The maximum absolute atomic E-state index is 9.53. The molecule has 1 aromatic heterocycles. The summed E-state index contributed by atoms with van der Waals surface area (Å²) in [5, 5.41) is 1.11. The highest BCUT2D eigenvalue weighted by atomic mass is 16.4. The van der Waals surface area contributed by atoms with E-state index in [0.29, 0.717) is 5.56 Å². The van der Waals surface area contributed by atoms with Crippen LogP contribution >= 0.6 is 0 Å². The summed E-state index contributed by atoms with van der Waals surface area (Å²) in [7, 11) is 0. The molecule has 0 unspecified atom stereocenters. The van der Waals surface area contributed by atoms with Crippen molar-refractivity contribution in [3.8, 4) is 11.1 Å². The molecule has 3 nitrogen and oxygen atoms in total. The molecular weight excluding hydrogens is 848 g/mol. The van der Waals surface area contributed by atoms with Gasteiger partial charge in [-0.1, -0.05) is 172 Å². The fourth-order valence-corrected chi connectivity index (χ4v) is 12.4. The van der Waals surface area contributed by atoms with Gasteiger partial charge in [0.05, 0.1) is 6.85 Å². The van der Waals surface area contributed by atoms with Crippen LogP contribution in [0.25, 0.3) is 22.1 Å². The van der Waals surface area contributed by atoms with E-state index in [0.717, 1.165) is 81.9 Å². The van der Waals surface area contributed by atoms with E-state index in [1.807, 2.05) is 0 Å².